The molecule has 0 heterocycles. The molecule has 3 unspecified atom stereocenters. The zero-order chi connectivity index (χ0) is 42.2. The van der Waals surface area contributed by atoms with Crippen molar-refractivity contribution in [3.63, 3.8) is 0 Å². The van der Waals surface area contributed by atoms with Crippen molar-refractivity contribution in [1.29, 1.82) is 0 Å². The number of nitrogens with one attached hydrogen (secondary N) is 4. The highest BCUT2D eigenvalue weighted by molar-refractivity contribution is 8.00. The van der Waals surface area contributed by atoms with E-state index in [4.69, 9.17) is 51.6 Å². The minimum Gasteiger partial charge on any atom is -0.380 e. The average molecular weight is 885 g/mol. The summed E-state index contributed by atoms with van der Waals surface area (Å²) in [5.74, 6) is -1.70. The van der Waals surface area contributed by atoms with Gasteiger partial charge in [0.05, 0.1) is 79.3 Å². The first-order chi connectivity index (χ1) is 27.7. The Morgan fingerprint density at radius 1 is 0.719 bits per heavy atom. The van der Waals surface area contributed by atoms with Gasteiger partial charge in [0, 0.05) is 55.8 Å². The largest absolute Gasteiger partial charge is 0.380 e. The molecule has 3 atom stereocenters. The third-order valence-electron chi connectivity index (χ3n) is 7.00. The SMILES string of the molecule is C=C/C=C/SNCCOCCOCCOCCNC(=O)C(O)C(O)C(=O)NCCOCCOCCOCCNS/C=C/C(=C)C(C=C)CN(C)C/C=C(Cl)/C=C/Cl. The van der Waals surface area contributed by atoms with Crippen LogP contribution in [0.2, 0.25) is 0 Å². The number of nitrogens with zero attached hydrogens (tertiary/aromatic N) is 1. The number of hydrogen-bond donors (Lipinski definition) is 6. The average Bonchev–Trinajstić information content (AvgIpc) is 3.20. The van der Waals surface area contributed by atoms with Crippen molar-refractivity contribution >= 4 is 58.9 Å². The molecule has 0 aliphatic heterocycles. The van der Waals surface area contributed by atoms with Crippen LogP contribution in [0.3, 0.4) is 0 Å². The van der Waals surface area contributed by atoms with E-state index in [1.807, 2.05) is 42.2 Å². The molecule has 0 aliphatic carbocycles. The van der Waals surface area contributed by atoms with E-state index in [0.717, 1.165) is 12.1 Å². The van der Waals surface area contributed by atoms with E-state index >= 15 is 0 Å². The number of aliphatic hydroxyl groups is 2. The summed E-state index contributed by atoms with van der Waals surface area (Å²) in [5, 5.41) is 29.3. The zero-order valence-electron chi connectivity index (χ0n) is 33.0. The maximum absolute atomic E-state index is 12.1. The van der Waals surface area contributed by atoms with E-state index in [0.29, 0.717) is 84.1 Å². The van der Waals surface area contributed by atoms with Crippen molar-refractivity contribution in [1.82, 2.24) is 25.0 Å². The Hall–Kier alpha value is -2.04. The van der Waals surface area contributed by atoms with Crippen molar-refractivity contribution in [3.05, 3.63) is 83.1 Å². The number of carbonyl (C=O) groups is 2. The maximum atomic E-state index is 12.1. The molecule has 0 radical (unpaired) electrons. The van der Waals surface area contributed by atoms with E-state index in [1.165, 1.54) is 29.4 Å². The number of rotatable bonds is 40. The number of hydrogen-bond acceptors (Lipinski definition) is 15. The van der Waals surface area contributed by atoms with Crippen LogP contribution in [0, 0.1) is 5.92 Å². The highest BCUT2D eigenvalue weighted by Crippen LogP contribution is 2.15. The molecule has 0 aromatic carbocycles. The molecular formula is C38H63Cl2N5O10S2. The first-order valence-corrected chi connectivity index (χ1v) is 21.0. The first kappa shape index (κ1) is 55.0. The fraction of sp³-hybridized carbons (Fsp3) is 0.579. The summed E-state index contributed by atoms with van der Waals surface area (Å²) >= 11 is 14.5. The van der Waals surface area contributed by atoms with Gasteiger partial charge in [-0.2, -0.15) is 0 Å². The zero-order valence-corrected chi connectivity index (χ0v) is 36.1. The molecule has 0 saturated carbocycles. The second-order valence-corrected chi connectivity index (χ2v) is 13.8. The van der Waals surface area contributed by atoms with Gasteiger partial charge in [0.15, 0.2) is 12.2 Å². The summed E-state index contributed by atoms with van der Waals surface area (Å²) in [6.07, 6.45) is 7.01. The molecule has 0 aromatic rings. The van der Waals surface area contributed by atoms with Gasteiger partial charge in [0.2, 0.25) is 0 Å². The molecule has 15 nitrogen and oxygen atoms in total. The molecule has 0 rings (SSSR count). The third-order valence-corrected chi connectivity index (χ3v) is 8.71. The number of carbonyl (C=O) groups excluding carboxylic acids is 2. The second kappa shape index (κ2) is 40.7. The van der Waals surface area contributed by atoms with Crippen LogP contribution in [0.5, 0.6) is 0 Å². The molecule has 0 fully saturated rings. The predicted octanol–water partition coefficient (Wildman–Crippen LogP) is 2.89. The van der Waals surface area contributed by atoms with Gasteiger partial charge in [0.1, 0.15) is 0 Å². The van der Waals surface area contributed by atoms with Gasteiger partial charge in [-0.3, -0.25) is 19.0 Å². The molecule has 0 bridgehead atoms. The molecule has 0 saturated heterocycles. The summed E-state index contributed by atoms with van der Waals surface area (Å²) in [7, 11) is 2.00. The lowest BCUT2D eigenvalue weighted by Crippen LogP contribution is -2.50. The highest BCUT2D eigenvalue weighted by atomic mass is 35.5. The van der Waals surface area contributed by atoms with Gasteiger partial charge in [-0.1, -0.05) is 90.6 Å². The molecule has 0 spiro atoms. The lowest BCUT2D eigenvalue weighted by molar-refractivity contribution is -0.146. The fourth-order valence-corrected chi connectivity index (χ4v) is 5.34. The molecule has 326 valence electrons. The monoisotopic (exact) mass is 883 g/mol. The van der Waals surface area contributed by atoms with Gasteiger partial charge >= 0.3 is 0 Å². The highest BCUT2D eigenvalue weighted by Gasteiger charge is 2.29. The van der Waals surface area contributed by atoms with Gasteiger partial charge in [-0.05, 0) is 29.5 Å². The van der Waals surface area contributed by atoms with Gasteiger partial charge in [-0.25, -0.2) is 0 Å². The van der Waals surface area contributed by atoms with E-state index in [2.05, 4.69) is 44.7 Å². The van der Waals surface area contributed by atoms with Crippen molar-refractivity contribution < 1.29 is 48.2 Å². The summed E-state index contributed by atoms with van der Waals surface area (Å²) in [4.78, 5) is 26.3. The van der Waals surface area contributed by atoms with E-state index < -0.39 is 24.0 Å². The van der Waals surface area contributed by atoms with Crippen LogP contribution in [-0.4, -0.2) is 165 Å². The van der Waals surface area contributed by atoms with E-state index in [9.17, 15) is 19.8 Å². The minimum absolute atomic E-state index is 0.0714. The molecular weight excluding hydrogens is 821 g/mol. The van der Waals surface area contributed by atoms with Crippen molar-refractivity contribution in [2.75, 3.05) is 126 Å². The topological polar surface area (TPSA) is 181 Å². The normalized spacial score (nSPS) is 13.8. The number of halogens is 2. The molecule has 0 aliphatic rings. The van der Waals surface area contributed by atoms with Crippen molar-refractivity contribution in [2.24, 2.45) is 5.92 Å². The summed E-state index contributed by atoms with van der Waals surface area (Å²) < 4.78 is 38.9. The van der Waals surface area contributed by atoms with Crippen LogP contribution >= 0.6 is 47.1 Å². The minimum atomic E-state index is -1.94. The molecule has 19 heteroatoms. The Morgan fingerprint density at radius 2 is 1.16 bits per heavy atom. The molecule has 0 aromatic heterocycles. The van der Waals surface area contributed by atoms with Crippen LogP contribution in [-0.2, 0) is 38.0 Å². The Bertz CT molecular complexity index is 1200. The number of amides is 2. The van der Waals surface area contributed by atoms with E-state index in [-0.39, 0.29) is 38.8 Å². The molecule has 2 amide bonds. The van der Waals surface area contributed by atoms with E-state index in [1.54, 1.807) is 12.2 Å². The molecule has 57 heavy (non-hydrogen) atoms. The second-order valence-electron chi connectivity index (χ2n) is 11.6. The Balaban J connectivity index is 3.71. The van der Waals surface area contributed by atoms with Crippen LogP contribution in [0.25, 0.3) is 0 Å². The standard InChI is InChI=1S/C38H63Cl2N5O10S2/c1-5-7-29-56-43-14-19-52-23-27-54-25-21-50-17-12-41-37(48)35(46)36(47)38(49)42-13-18-51-22-26-55-28-24-53-20-15-44-57-30-10-32(3)33(6-2)31-45(4)16-9-34(40)8-11-39/h5-11,29-30,33,35-36,43-44,46-47H,1-3,12-28,31H2,4H3,(H,41,48)(H,42,49)/b11-8+,29-7+,30-10+,34-9-. The summed E-state index contributed by atoms with van der Waals surface area (Å²) in [6.45, 7) is 18.9. The van der Waals surface area contributed by atoms with Gasteiger partial charge in [0.25, 0.3) is 11.8 Å². The summed E-state index contributed by atoms with van der Waals surface area (Å²) in [6, 6.07) is 0. The lowest BCUT2D eigenvalue weighted by Gasteiger charge is -2.21. The van der Waals surface area contributed by atoms with Crippen LogP contribution in [0.1, 0.15) is 0 Å². The molecule has 6 N–H and O–H groups in total. The van der Waals surface area contributed by atoms with Crippen LogP contribution in [0.4, 0.5) is 0 Å². The van der Waals surface area contributed by atoms with Crippen LogP contribution < -0.4 is 20.1 Å². The number of ether oxygens (including phenoxy) is 6. The fourth-order valence-electron chi connectivity index (χ4n) is 3.98. The van der Waals surface area contributed by atoms with Gasteiger partial charge in [-0.15, -0.1) is 6.58 Å². The smallest absolute Gasteiger partial charge is 0.252 e. The first-order valence-electron chi connectivity index (χ1n) is 18.4. The summed E-state index contributed by atoms with van der Waals surface area (Å²) in [5.41, 5.74) is 2.32. The number of allylic oxidation sites excluding steroid dienone is 5. The van der Waals surface area contributed by atoms with Crippen LogP contribution in [0.15, 0.2) is 83.1 Å². The maximum Gasteiger partial charge on any atom is 0.252 e. The Morgan fingerprint density at radius 3 is 1.60 bits per heavy atom. The quantitative estimate of drug-likeness (QED) is 0.0229. The van der Waals surface area contributed by atoms with Crippen molar-refractivity contribution in [3.8, 4) is 0 Å². The third kappa shape index (κ3) is 34.5. The number of likely N-dealkylation sites (N-methyl/N-ethyl adjacent to an activating group) is 1. The Kier molecular flexibility index (Phi) is 39.3. The van der Waals surface area contributed by atoms with Crippen molar-refractivity contribution in [2.45, 2.75) is 12.2 Å². The number of aliphatic hydroxyl groups excluding tert-OH is 2. The van der Waals surface area contributed by atoms with Gasteiger partial charge < -0.3 is 54.2 Å². The predicted molar refractivity (Wildman–Crippen MR) is 232 cm³/mol. The Labute approximate surface area is 357 Å². The lowest BCUT2D eigenvalue weighted by atomic mass is 10.0.